The number of imidazole rings is 1. The largest absolute Gasteiger partial charge is 0.494 e. The summed E-state index contributed by atoms with van der Waals surface area (Å²) >= 11 is 0. The molecule has 2 aromatic rings. The van der Waals surface area contributed by atoms with Crippen molar-refractivity contribution in [2.45, 2.75) is 59.9 Å². The van der Waals surface area contributed by atoms with Gasteiger partial charge in [0.15, 0.2) is 0 Å². The number of ether oxygens (including phenoxy) is 1. The molecular weight excluding hydrogens is 366 g/mol. The molecule has 1 aromatic carbocycles. The predicted octanol–water partition coefficient (Wildman–Crippen LogP) is 3.90. The Labute approximate surface area is 173 Å². The number of aromatic nitrogens is 2. The number of hydrogen-bond acceptors (Lipinski definition) is 4. The van der Waals surface area contributed by atoms with Crippen molar-refractivity contribution >= 4 is 16.9 Å². The summed E-state index contributed by atoms with van der Waals surface area (Å²) in [6.07, 6.45) is 3.94. The van der Waals surface area contributed by atoms with Gasteiger partial charge in [0.25, 0.3) is 0 Å². The summed E-state index contributed by atoms with van der Waals surface area (Å²) in [4.78, 5) is 26.9. The van der Waals surface area contributed by atoms with Crippen LogP contribution in [0.1, 0.15) is 58.2 Å². The van der Waals surface area contributed by atoms with E-state index >= 15 is 0 Å². The molecule has 6 nitrogen and oxygen atoms in total. The molecular formula is C23H35N3O3. The van der Waals surface area contributed by atoms with Gasteiger partial charge >= 0.3 is 5.69 Å². The van der Waals surface area contributed by atoms with Gasteiger partial charge in [-0.1, -0.05) is 34.1 Å². The van der Waals surface area contributed by atoms with Crippen LogP contribution in [0.5, 0.6) is 5.75 Å². The first-order chi connectivity index (χ1) is 13.9. The number of benzene rings is 1. The maximum absolute atomic E-state index is 13.7. The summed E-state index contributed by atoms with van der Waals surface area (Å²) in [6, 6.07) is 5.54. The van der Waals surface area contributed by atoms with E-state index in [0.717, 1.165) is 25.7 Å². The van der Waals surface area contributed by atoms with Crippen molar-refractivity contribution in [1.29, 1.82) is 0 Å². The van der Waals surface area contributed by atoms with Gasteiger partial charge in [-0.25, -0.2) is 9.36 Å². The van der Waals surface area contributed by atoms with Crippen molar-refractivity contribution in [2.75, 3.05) is 13.2 Å². The standard InChI is InChI=1S/C23H35N3O3/c1-5-12-29-17-7-9-20-21(14-17)25(11-10-24)23(28)26(20)22(27)19-13-16(4)6-8-18(19)15(2)3/h7,9,14-16,18-19H,5-6,8,10-13,24H2,1-4H3/t16-,18+,19?/m1/s1. The van der Waals surface area contributed by atoms with E-state index in [1.54, 1.807) is 4.57 Å². The average molecular weight is 402 g/mol. The zero-order valence-corrected chi connectivity index (χ0v) is 18.2. The molecule has 1 fully saturated rings. The molecule has 3 rings (SSSR count). The number of nitrogens with zero attached hydrogens (tertiary/aromatic N) is 2. The average Bonchev–Trinajstić information content (AvgIpc) is 2.97. The number of rotatable bonds is 7. The number of carbonyl (C=O) groups is 1. The van der Waals surface area contributed by atoms with Crippen LogP contribution in [0.3, 0.4) is 0 Å². The molecule has 1 heterocycles. The molecule has 2 N–H and O–H groups in total. The second-order valence-corrected chi connectivity index (χ2v) is 8.83. The van der Waals surface area contributed by atoms with Crippen molar-refractivity contribution in [3.8, 4) is 5.75 Å². The first-order valence-electron chi connectivity index (χ1n) is 11.0. The highest BCUT2D eigenvalue weighted by molar-refractivity contribution is 5.92. The highest BCUT2D eigenvalue weighted by Crippen LogP contribution is 2.39. The van der Waals surface area contributed by atoms with E-state index < -0.39 is 0 Å². The Hall–Kier alpha value is -2.08. The Morgan fingerprint density at radius 1 is 1.28 bits per heavy atom. The van der Waals surface area contributed by atoms with Crippen LogP contribution in [0.25, 0.3) is 11.0 Å². The van der Waals surface area contributed by atoms with Gasteiger partial charge in [0.05, 0.1) is 17.6 Å². The van der Waals surface area contributed by atoms with Crippen molar-refractivity contribution in [3.63, 3.8) is 0 Å². The molecule has 1 aliphatic rings. The maximum Gasteiger partial charge on any atom is 0.336 e. The maximum atomic E-state index is 13.7. The van der Waals surface area contributed by atoms with Crippen molar-refractivity contribution in [1.82, 2.24) is 9.13 Å². The van der Waals surface area contributed by atoms with Crippen LogP contribution >= 0.6 is 0 Å². The molecule has 0 amide bonds. The predicted molar refractivity (Wildman–Crippen MR) is 116 cm³/mol. The fraction of sp³-hybridized carbons (Fsp3) is 0.652. The van der Waals surface area contributed by atoms with E-state index in [9.17, 15) is 9.59 Å². The lowest BCUT2D eigenvalue weighted by Crippen LogP contribution is -2.40. The fourth-order valence-electron chi connectivity index (χ4n) is 4.76. The second-order valence-electron chi connectivity index (χ2n) is 8.83. The van der Waals surface area contributed by atoms with E-state index in [4.69, 9.17) is 10.5 Å². The van der Waals surface area contributed by atoms with Crippen molar-refractivity contribution in [3.05, 3.63) is 28.7 Å². The minimum atomic E-state index is -0.288. The topological polar surface area (TPSA) is 79.2 Å². The van der Waals surface area contributed by atoms with E-state index in [1.165, 1.54) is 4.57 Å². The third-order valence-corrected chi connectivity index (χ3v) is 6.29. The van der Waals surface area contributed by atoms with E-state index in [2.05, 4.69) is 20.8 Å². The molecule has 1 saturated carbocycles. The summed E-state index contributed by atoms with van der Waals surface area (Å²) in [5, 5.41) is 0. The lowest BCUT2D eigenvalue weighted by molar-refractivity contribution is 0.0633. The lowest BCUT2D eigenvalue weighted by atomic mass is 9.69. The van der Waals surface area contributed by atoms with E-state index in [-0.39, 0.29) is 17.5 Å². The Bertz CT molecular complexity index is 912. The van der Waals surface area contributed by atoms with Gasteiger partial charge in [-0.3, -0.25) is 9.36 Å². The lowest BCUT2D eigenvalue weighted by Gasteiger charge is -2.36. The smallest absolute Gasteiger partial charge is 0.336 e. The Morgan fingerprint density at radius 3 is 2.69 bits per heavy atom. The molecule has 0 radical (unpaired) electrons. The molecule has 0 saturated heterocycles. The molecule has 0 spiro atoms. The first-order valence-corrected chi connectivity index (χ1v) is 11.0. The van der Waals surface area contributed by atoms with Gasteiger partial charge in [0, 0.05) is 25.1 Å². The summed E-state index contributed by atoms with van der Waals surface area (Å²) in [5.74, 6) is 1.75. The molecule has 160 valence electrons. The van der Waals surface area contributed by atoms with Crippen molar-refractivity contribution in [2.24, 2.45) is 29.4 Å². The molecule has 3 atom stereocenters. The van der Waals surface area contributed by atoms with Crippen LogP contribution < -0.4 is 16.2 Å². The zero-order valence-electron chi connectivity index (χ0n) is 18.2. The Morgan fingerprint density at radius 2 is 2.03 bits per heavy atom. The van der Waals surface area contributed by atoms with E-state index in [1.807, 2.05) is 25.1 Å². The van der Waals surface area contributed by atoms with Crippen LogP contribution in [0, 0.1) is 23.7 Å². The first kappa shape index (κ1) is 21.6. The Kier molecular flexibility index (Phi) is 6.83. The molecule has 29 heavy (non-hydrogen) atoms. The molecule has 1 aromatic heterocycles. The summed E-state index contributed by atoms with van der Waals surface area (Å²) < 4.78 is 8.75. The van der Waals surface area contributed by atoms with Gasteiger partial charge < -0.3 is 10.5 Å². The number of carbonyl (C=O) groups excluding carboxylic acids is 1. The van der Waals surface area contributed by atoms with Gasteiger partial charge in [0.2, 0.25) is 5.91 Å². The fourth-order valence-corrected chi connectivity index (χ4v) is 4.76. The van der Waals surface area contributed by atoms with Crippen LogP contribution in [0.4, 0.5) is 0 Å². The molecule has 6 heteroatoms. The Balaban J connectivity index is 2.09. The highest BCUT2D eigenvalue weighted by atomic mass is 16.5. The highest BCUT2D eigenvalue weighted by Gasteiger charge is 2.37. The minimum absolute atomic E-state index is 0.0664. The zero-order chi connectivity index (χ0) is 21.1. The van der Waals surface area contributed by atoms with Gasteiger partial charge in [-0.15, -0.1) is 0 Å². The van der Waals surface area contributed by atoms with Crippen molar-refractivity contribution < 1.29 is 9.53 Å². The minimum Gasteiger partial charge on any atom is -0.494 e. The summed E-state index contributed by atoms with van der Waals surface area (Å²) in [6.45, 7) is 9.94. The van der Waals surface area contributed by atoms with Gasteiger partial charge in [0.1, 0.15) is 5.75 Å². The normalized spacial score (nSPS) is 22.3. The summed E-state index contributed by atoms with van der Waals surface area (Å²) in [7, 11) is 0. The van der Waals surface area contributed by atoms with Crippen LogP contribution in [0.2, 0.25) is 0 Å². The molecule has 1 unspecified atom stereocenters. The molecule has 1 aliphatic carbocycles. The van der Waals surface area contributed by atoms with Crippen LogP contribution in [-0.4, -0.2) is 28.2 Å². The van der Waals surface area contributed by atoms with Crippen LogP contribution in [-0.2, 0) is 6.54 Å². The third kappa shape index (κ3) is 4.27. The quantitative estimate of drug-likeness (QED) is 0.763. The molecule has 0 aliphatic heterocycles. The van der Waals surface area contributed by atoms with Gasteiger partial charge in [-0.05, 0) is 49.1 Å². The summed E-state index contributed by atoms with van der Waals surface area (Å²) in [5.41, 5.74) is 6.84. The number of hydrogen-bond donors (Lipinski definition) is 1. The number of nitrogens with two attached hydrogens (primary N) is 1. The number of fused-ring (bicyclic) bond motifs is 1. The van der Waals surface area contributed by atoms with Gasteiger partial charge in [-0.2, -0.15) is 0 Å². The van der Waals surface area contributed by atoms with Crippen LogP contribution in [0.15, 0.2) is 23.0 Å². The SMILES string of the molecule is CCCOc1ccc2c(c1)n(CCN)c(=O)n2C(=O)C1C[C@H](C)CC[C@H]1C(C)C. The monoisotopic (exact) mass is 401 g/mol. The van der Waals surface area contributed by atoms with E-state index in [0.29, 0.717) is 54.2 Å². The molecule has 0 bridgehead atoms. The second kappa shape index (κ2) is 9.16. The third-order valence-electron chi connectivity index (χ3n) is 6.29.